The molecule has 0 unspecified atom stereocenters. The number of nitrogens with zero attached hydrogens (tertiary/aromatic N) is 5. The number of nitrogens with one attached hydrogen (secondary N) is 3. The third-order valence-corrected chi connectivity index (χ3v) is 8.78. The smallest absolute Gasteiger partial charge is 0.228 e. The number of hydrogen-bond donors (Lipinski definition) is 3. The van der Waals surface area contributed by atoms with Crippen molar-refractivity contribution in [3.63, 3.8) is 0 Å². The van der Waals surface area contributed by atoms with Crippen LogP contribution in [0.2, 0.25) is 0 Å². The summed E-state index contributed by atoms with van der Waals surface area (Å²) in [5.74, 6) is 0.00924. The van der Waals surface area contributed by atoms with Gasteiger partial charge in [0.25, 0.3) is 0 Å². The molecule has 0 bridgehead atoms. The summed E-state index contributed by atoms with van der Waals surface area (Å²) in [6, 6.07) is 23.9. The molecule has 0 spiro atoms. The maximum absolute atomic E-state index is 14.8. The molecule has 6 heterocycles. The number of likely N-dealkylation sites (tertiary alicyclic amines) is 1. The molecule has 1 fully saturated rings. The van der Waals surface area contributed by atoms with Gasteiger partial charge in [0.2, 0.25) is 5.91 Å². The van der Waals surface area contributed by atoms with Crippen molar-refractivity contribution in [3.8, 4) is 39.5 Å². The zero-order valence-electron chi connectivity index (χ0n) is 26.6. The lowest BCUT2D eigenvalue weighted by atomic mass is 10.0. The van der Waals surface area contributed by atoms with E-state index in [1.165, 1.54) is 25.0 Å². The van der Waals surface area contributed by atoms with E-state index >= 15 is 0 Å². The second-order valence-electron chi connectivity index (χ2n) is 12.2. The van der Waals surface area contributed by atoms with Crippen molar-refractivity contribution in [1.29, 1.82) is 0 Å². The fourth-order valence-electron chi connectivity index (χ4n) is 6.39. The lowest BCUT2D eigenvalue weighted by molar-refractivity contribution is -0.115. The highest BCUT2D eigenvalue weighted by atomic mass is 19.1. The van der Waals surface area contributed by atoms with Crippen LogP contribution in [-0.4, -0.2) is 67.2 Å². The summed E-state index contributed by atoms with van der Waals surface area (Å²) < 4.78 is 20.8. The number of carbonyl (C=O) groups excluding carboxylic acids is 1. The van der Waals surface area contributed by atoms with Gasteiger partial charge in [0.1, 0.15) is 35.0 Å². The SMILES string of the molecule is O=C(Cc1ccccc1)Nc1cncc(-c2ccc3[nH]nc(-c4cc5c(-c6cc(F)cc(OCCN7CCCC7)c6)ccnc5[nH]4)c3n2)c1. The van der Waals surface area contributed by atoms with Crippen molar-refractivity contribution < 1.29 is 13.9 Å². The summed E-state index contributed by atoms with van der Waals surface area (Å²) in [7, 11) is 0. The van der Waals surface area contributed by atoms with E-state index in [1.54, 1.807) is 18.6 Å². The topological polar surface area (TPSA) is 125 Å². The molecule has 0 radical (unpaired) electrons. The van der Waals surface area contributed by atoms with Gasteiger partial charge < -0.3 is 15.0 Å². The Morgan fingerprint density at radius 2 is 1.84 bits per heavy atom. The van der Waals surface area contributed by atoms with Gasteiger partial charge in [-0.3, -0.25) is 19.8 Å². The van der Waals surface area contributed by atoms with Crippen LogP contribution in [0.4, 0.5) is 10.1 Å². The summed E-state index contributed by atoms with van der Waals surface area (Å²) in [5, 5.41) is 11.4. The Balaban J connectivity index is 1.06. The number of anilines is 1. The fourth-order valence-corrected chi connectivity index (χ4v) is 6.39. The van der Waals surface area contributed by atoms with Gasteiger partial charge in [-0.1, -0.05) is 30.3 Å². The van der Waals surface area contributed by atoms with E-state index in [-0.39, 0.29) is 18.1 Å². The molecule has 49 heavy (non-hydrogen) atoms. The number of halogens is 1. The predicted molar refractivity (Wildman–Crippen MR) is 188 cm³/mol. The number of amides is 1. The molecular weight excluding hydrogens is 619 g/mol. The van der Waals surface area contributed by atoms with Crippen LogP contribution < -0.4 is 10.1 Å². The summed E-state index contributed by atoms with van der Waals surface area (Å²) in [4.78, 5) is 32.3. The number of pyridine rings is 3. The van der Waals surface area contributed by atoms with Crippen molar-refractivity contribution in [2.45, 2.75) is 19.3 Å². The highest BCUT2D eigenvalue weighted by Gasteiger charge is 2.18. The number of ether oxygens (including phenoxy) is 1. The highest BCUT2D eigenvalue weighted by molar-refractivity contribution is 5.99. The lowest BCUT2D eigenvalue weighted by Gasteiger charge is -2.15. The van der Waals surface area contributed by atoms with Gasteiger partial charge in [0.15, 0.2) is 0 Å². The Morgan fingerprint density at radius 3 is 2.71 bits per heavy atom. The van der Waals surface area contributed by atoms with Gasteiger partial charge in [-0.2, -0.15) is 5.10 Å². The molecule has 0 aliphatic carbocycles. The van der Waals surface area contributed by atoms with Gasteiger partial charge in [0, 0.05) is 36.0 Å². The van der Waals surface area contributed by atoms with E-state index in [2.05, 4.69) is 35.4 Å². The Morgan fingerprint density at radius 1 is 0.959 bits per heavy atom. The first-order chi connectivity index (χ1) is 24.1. The minimum absolute atomic E-state index is 0.128. The van der Waals surface area contributed by atoms with Crippen molar-refractivity contribution in [1.82, 2.24) is 35.0 Å². The summed E-state index contributed by atoms with van der Waals surface area (Å²) >= 11 is 0. The number of carbonyl (C=O) groups is 1. The molecule has 8 rings (SSSR count). The molecule has 244 valence electrons. The second-order valence-corrected chi connectivity index (χ2v) is 12.2. The average molecular weight is 653 g/mol. The lowest BCUT2D eigenvalue weighted by Crippen LogP contribution is -2.25. The summed E-state index contributed by atoms with van der Waals surface area (Å²) in [6.45, 7) is 3.51. The van der Waals surface area contributed by atoms with Gasteiger partial charge in [0.05, 0.1) is 35.2 Å². The molecule has 5 aromatic heterocycles. The standard InChI is InChI=1S/C38H33FN8O2/c39-27-17-25(19-29(20-27)49-15-14-47-12-4-5-13-47)30-10-11-41-38-31(30)21-34(44-38)37-36-33(45-46-37)9-8-32(43-36)26-18-28(23-40-22-26)42-35(48)16-24-6-2-1-3-7-24/h1-3,6-11,17-23H,4-5,12-16H2,(H,41,44)(H,42,48)(H,45,46). The van der Waals surface area contributed by atoms with Crippen molar-refractivity contribution >= 4 is 33.7 Å². The fraction of sp³-hybridized carbons (Fsp3) is 0.184. The molecule has 11 heteroatoms. The summed E-state index contributed by atoms with van der Waals surface area (Å²) in [5.41, 5.74) is 7.84. The van der Waals surface area contributed by atoms with Crippen LogP contribution in [0.3, 0.4) is 0 Å². The van der Waals surface area contributed by atoms with Crippen LogP contribution in [0.1, 0.15) is 18.4 Å². The van der Waals surface area contributed by atoms with Gasteiger partial charge in [-0.05, 0) is 85.1 Å². The van der Waals surface area contributed by atoms with Crippen LogP contribution in [0.15, 0.2) is 97.5 Å². The number of aromatic amines is 2. The zero-order chi connectivity index (χ0) is 33.2. The first-order valence-corrected chi connectivity index (χ1v) is 16.3. The van der Waals surface area contributed by atoms with Crippen LogP contribution in [0, 0.1) is 5.82 Å². The van der Waals surface area contributed by atoms with E-state index in [4.69, 9.17) is 9.72 Å². The number of benzene rings is 2. The molecular formula is C38H33FN8O2. The quantitative estimate of drug-likeness (QED) is 0.145. The van der Waals surface area contributed by atoms with E-state index < -0.39 is 0 Å². The maximum atomic E-state index is 14.8. The van der Waals surface area contributed by atoms with Crippen molar-refractivity contribution in [3.05, 3.63) is 109 Å². The molecule has 0 saturated carbocycles. The third kappa shape index (κ3) is 6.61. The number of hydrogen-bond acceptors (Lipinski definition) is 7. The molecule has 3 N–H and O–H groups in total. The Hall–Kier alpha value is -5.94. The Kier molecular flexibility index (Phi) is 8.24. The minimum Gasteiger partial charge on any atom is -0.492 e. The predicted octanol–water partition coefficient (Wildman–Crippen LogP) is 7.03. The Labute approximate surface area is 281 Å². The van der Waals surface area contributed by atoms with Crippen LogP contribution >= 0.6 is 0 Å². The monoisotopic (exact) mass is 652 g/mol. The van der Waals surface area contributed by atoms with Gasteiger partial charge in [-0.15, -0.1) is 0 Å². The summed E-state index contributed by atoms with van der Waals surface area (Å²) in [6.07, 6.45) is 7.73. The number of aromatic nitrogens is 6. The van der Waals surface area contributed by atoms with Crippen LogP contribution in [0.5, 0.6) is 5.75 Å². The largest absolute Gasteiger partial charge is 0.492 e. The molecule has 1 aliphatic rings. The molecule has 7 aromatic rings. The number of fused-ring (bicyclic) bond motifs is 2. The van der Waals surface area contributed by atoms with Crippen LogP contribution in [0.25, 0.3) is 55.8 Å². The molecule has 10 nitrogen and oxygen atoms in total. The Bertz CT molecular complexity index is 2280. The maximum Gasteiger partial charge on any atom is 0.228 e. The molecule has 0 atom stereocenters. The normalized spacial score (nSPS) is 13.3. The first-order valence-electron chi connectivity index (χ1n) is 16.3. The highest BCUT2D eigenvalue weighted by Crippen LogP contribution is 2.35. The van der Waals surface area contributed by atoms with Crippen LogP contribution in [-0.2, 0) is 11.2 Å². The molecule has 1 amide bonds. The third-order valence-electron chi connectivity index (χ3n) is 8.78. The first kappa shape index (κ1) is 30.4. The zero-order valence-corrected chi connectivity index (χ0v) is 26.6. The number of H-pyrrole nitrogens is 2. The van der Waals surface area contributed by atoms with Crippen molar-refractivity contribution in [2.24, 2.45) is 0 Å². The molecule has 2 aromatic carbocycles. The van der Waals surface area contributed by atoms with E-state index in [0.29, 0.717) is 51.9 Å². The molecule has 1 aliphatic heterocycles. The van der Waals surface area contributed by atoms with E-state index in [0.717, 1.165) is 47.2 Å². The van der Waals surface area contributed by atoms with E-state index in [1.807, 2.05) is 66.7 Å². The second kappa shape index (κ2) is 13.3. The minimum atomic E-state index is -0.362. The van der Waals surface area contributed by atoms with E-state index in [9.17, 15) is 9.18 Å². The average Bonchev–Trinajstić information content (AvgIpc) is 3.88. The van der Waals surface area contributed by atoms with Gasteiger partial charge in [-0.25, -0.2) is 14.4 Å². The van der Waals surface area contributed by atoms with Gasteiger partial charge >= 0.3 is 0 Å². The molecule has 1 saturated heterocycles. The van der Waals surface area contributed by atoms with Crippen molar-refractivity contribution in [2.75, 3.05) is 31.6 Å². The number of rotatable bonds is 10.